The van der Waals surface area contributed by atoms with E-state index in [4.69, 9.17) is 4.99 Å². The zero-order chi connectivity index (χ0) is 19.1. The molecule has 1 aromatic heterocycles. The zero-order valence-electron chi connectivity index (χ0n) is 17.6. The minimum atomic E-state index is 0. The van der Waals surface area contributed by atoms with E-state index in [2.05, 4.69) is 63.7 Å². The van der Waals surface area contributed by atoms with Gasteiger partial charge in [-0.25, -0.2) is 0 Å². The van der Waals surface area contributed by atoms with Gasteiger partial charge < -0.3 is 20.4 Å². The number of nitrogens with one attached hydrogen (secondary N) is 2. The van der Waals surface area contributed by atoms with Crippen LogP contribution < -0.4 is 15.5 Å². The summed E-state index contributed by atoms with van der Waals surface area (Å²) in [5.74, 6) is 0.980. The van der Waals surface area contributed by atoms with Crippen LogP contribution in [-0.4, -0.2) is 87.2 Å². The number of likely N-dealkylation sites (N-methyl/N-ethyl adjacent to an activating group) is 1. The van der Waals surface area contributed by atoms with E-state index in [-0.39, 0.29) is 24.0 Å². The van der Waals surface area contributed by atoms with Crippen LogP contribution in [0.25, 0.3) is 0 Å². The second kappa shape index (κ2) is 12.2. The van der Waals surface area contributed by atoms with Gasteiger partial charge in [-0.1, -0.05) is 0 Å². The number of halogens is 1. The lowest BCUT2D eigenvalue weighted by Gasteiger charge is -2.36. The van der Waals surface area contributed by atoms with Gasteiger partial charge in [-0.15, -0.1) is 35.3 Å². The first-order valence-electron chi connectivity index (χ1n) is 10.4. The van der Waals surface area contributed by atoms with Gasteiger partial charge in [0.25, 0.3) is 0 Å². The summed E-state index contributed by atoms with van der Waals surface area (Å²) in [5, 5.41) is 10.7. The summed E-state index contributed by atoms with van der Waals surface area (Å²) >= 11 is 1.84. The van der Waals surface area contributed by atoms with Crippen LogP contribution in [-0.2, 0) is 0 Å². The van der Waals surface area contributed by atoms with Gasteiger partial charge >= 0.3 is 0 Å². The van der Waals surface area contributed by atoms with E-state index in [9.17, 15) is 0 Å². The molecular weight excluding hydrogens is 483 g/mol. The molecule has 6 nitrogen and oxygen atoms in total. The highest BCUT2D eigenvalue weighted by Crippen LogP contribution is 2.24. The summed E-state index contributed by atoms with van der Waals surface area (Å²) in [6.07, 6.45) is 2.33. The Kier molecular flexibility index (Phi) is 10.3. The number of anilines is 1. The SMILES string of the molecule is CCNC(=NCC(C)N1CCN(C)CC1)NC1CCN(c2cccs2)CC1.I. The van der Waals surface area contributed by atoms with E-state index in [1.165, 1.54) is 5.00 Å². The van der Waals surface area contributed by atoms with Crippen LogP contribution in [0.1, 0.15) is 26.7 Å². The van der Waals surface area contributed by atoms with Crippen molar-refractivity contribution in [3.8, 4) is 0 Å². The third-order valence-corrected chi connectivity index (χ3v) is 6.60. The van der Waals surface area contributed by atoms with E-state index in [0.29, 0.717) is 12.1 Å². The molecule has 2 aliphatic heterocycles. The van der Waals surface area contributed by atoms with Crippen molar-refractivity contribution < 1.29 is 0 Å². The van der Waals surface area contributed by atoms with Gasteiger partial charge in [0.15, 0.2) is 5.96 Å². The maximum atomic E-state index is 4.90. The number of thiophene rings is 1. The van der Waals surface area contributed by atoms with Gasteiger partial charge in [0, 0.05) is 57.9 Å². The fourth-order valence-electron chi connectivity index (χ4n) is 3.81. The standard InChI is InChI=1S/C20H36N6S.HI/c1-4-21-20(22-16-17(2)25-13-11-24(3)12-14-25)23-18-7-9-26(10-8-18)19-6-5-15-27-19;/h5-6,15,17-18H,4,7-14,16H2,1-3H3,(H2,21,22,23);1H. The quantitative estimate of drug-likeness (QED) is 0.343. The molecule has 28 heavy (non-hydrogen) atoms. The normalized spacial score (nSPS) is 21.2. The molecule has 0 saturated carbocycles. The highest BCUT2D eigenvalue weighted by Gasteiger charge is 2.22. The predicted molar refractivity (Wildman–Crippen MR) is 133 cm³/mol. The Bertz CT molecular complexity index is 565. The highest BCUT2D eigenvalue weighted by atomic mass is 127. The molecular formula is C20H37IN6S. The van der Waals surface area contributed by atoms with Gasteiger partial charge in [-0.3, -0.25) is 9.89 Å². The van der Waals surface area contributed by atoms with Crippen molar-refractivity contribution in [2.24, 2.45) is 4.99 Å². The molecule has 0 bridgehead atoms. The van der Waals surface area contributed by atoms with Gasteiger partial charge in [0.05, 0.1) is 11.5 Å². The van der Waals surface area contributed by atoms with Crippen molar-refractivity contribution in [3.63, 3.8) is 0 Å². The number of nitrogens with zero attached hydrogens (tertiary/aromatic N) is 4. The Morgan fingerprint density at radius 1 is 1.21 bits per heavy atom. The van der Waals surface area contributed by atoms with Crippen molar-refractivity contribution in [1.29, 1.82) is 0 Å². The van der Waals surface area contributed by atoms with Crippen LogP contribution in [0.15, 0.2) is 22.5 Å². The van der Waals surface area contributed by atoms with E-state index in [1.807, 2.05) is 11.3 Å². The lowest BCUT2D eigenvalue weighted by Crippen LogP contribution is -2.50. The largest absolute Gasteiger partial charge is 0.363 e. The number of aliphatic imine (C=N–C) groups is 1. The molecule has 3 heterocycles. The number of rotatable bonds is 6. The molecule has 2 fully saturated rings. The smallest absolute Gasteiger partial charge is 0.191 e. The Hall–Kier alpha value is -0.580. The highest BCUT2D eigenvalue weighted by molar-refractivity contribution is 14.0. The minimum absolute atomic E-state index is 0. The summed E-state index contributed by atoms with van der Waals surface area (Å²) in [6, 6.07) is 5.37. The second-order valence-electron chi connectivity index (χ2n) is 7.76. The Labute approximate surface area is 191 Å². The average Bonchev–Trinajstić information content (AvgIpc) is 3.22. The number of hydrogen-bond donors (Lipinski definition) is 2. The third kappa shape index (κ3) is 7.03. The molecule has 0 aliphatic carbocycles. The Morgan fingerprint density at radius 2 is 1.93 bits per heavy atom. The van der Waals surface area contributed by atoms with Gasteiger partial charge in [-0.05, 0) is 51.2 Å². The Balaban J connectivity index is 0.00000280. The first-order valence-corrected chi connectivity index (χ1v) is 11.3. The Morgan fingerprint density at radius 3 is 2.54 bits per heavy atom. The molecule has 0 amide bonds. The average molecular weight is 521 g/mol. The summed E-state index contributed by atoms with van der Waals surface area (Å²) in [5.41, 5.74) is 0. The number of piperazine rings is 1. The van der Waals surface area contributed by atoms with Crippen molar-refractivity contribution in [3.05, 3.63) is 17.5 Å². The molecule has 2 saturated heterocycles. The van der Waals surface area contributed by atoms with E-state index >= 15 is 0 Å². The van der Waals surface area contributed by atoms with E-state index < -0.39 is 0 Å². The minimum Gasteiger partial charge on any atom is -0.363 e. The molecule has 2 N–H and O–H groups in total. The van der Waals surface area contributed by atoms with Gasteiger partial charge in [0.1, 0.15) is 0 Å². The molecule has 1 aromatic rings. The summed E-state index contributed by atoms with van der Waals surface area (Å²) in [7, 11) is 2.21. The lowest BCUT2D eigenvalue weighted by molar-refractivity contribution is 0.122. The molecule has 1 atom stereocenters. The fraction of sp³-hybridized carbons (Fsp3) is 0.750. The van der Waals surface area contributed by atoms with Crippen molar-refractivity contribution in [2.45, 2.75) is 38.8 Å². The molecule has 1 unspecified atom stereocenters. The van der Waals surface area contributed by atoms with E-state index in [1.54, 1.807) is 0 Å². The number of piperidine rings is 1. The topological polar surface area (TPSA) is 46.1 Å². The fourth-order valence-corrected chi connectivity index (χ4v) is 4.59. The van der Waals surface area contributed by atoms with Crippen LogP contribution in [0.5, 0.6) is 0 Å². The van der Waals surface area contributed by atoms with Crippen molar-refractivity contribution in [2.75, 3.05) is 64.3 Å². The third-order valence-electron chi connectivity index (χ3n) is 5.67. The van der Waals surface area contributed by atoms with Crippen LogP contribution in [0.4, 0.5) is 5.00 Å². The van der Waals surface area contributed by atoms with Crippen LogP contribution in [0, 0.1) is 0 Å². The van der Waals surface area contributed by atoms with Gasteiger partial charge in [-0.2, -0.15) is 0 Å². The van der Waals surface area contributed by atoms with Crippen LogP contribution >= 0.6 is 35.3 Å². The maximum absolute atomic E-state index is 4.90. The monoisotopic (exact) mass is 520 g/mol. The lowest BCUT2D eigenvalue weighted by atomic mass is 10.1. The maximum Gasteiger partial charge on any atom is 0.191 e. The summed E-state index contributed by atoms with van der Waals surface area (Å²) in [6.45, 7) is 13.1. The first kappa shape index (κ1) is 23.7. The molecule has 0 spiro atoms. The number of hydrogen-bond acceptors (Lipinski definition) is 5. The molecule has 0 radical (unpaired) electrons. The van der Waals surface area contributed by atoms with Crippen molar-refractivity contribution >= 4 is 46.3 Å². The summed E-state index contributed by atoms with van der Waals surface area (Å²) in [4.78, 5) is 12.4. The van der Waals surface area contributed by atoms with Crippen LogP contribution in [0.3, 0.4) is 0 Å². The summed E-state index contributed by atoms with van der Waals surface area (Å²) < 4.78 is 0. The first-order chi connectivity index (χ1) is 13.2. The number of guanidine groups is 1. The molecule has 8 heteroatoms. The molecule has 3 rings (SSSR count). The molecule has 160 valence electrons. The van der Waals surface area contributed by atoms with Crippen molar-refractivity contribution in [1.82, 2.24) is 20.4 Å². The second-order valence-corrected chi connectivity index (χ2v) is 8.69. The predicted octanol–water partition coefficient (Wildman–Crippen LogP) is 2.53. The van der Waals surface area contributed by atoms with E-state index in [0.717, 1.165) is 71.2 Å². The van der Waals surface area contributed by atoms with Gasteiger partial charge in [0.2, 0.25) is 0 Å². The zero-order valence-corrected chi connectivity index (χ0v) is 20.7. The molecule has 0 aromatic carbocycles. The van der Waals surface area contributed by atoms with Crippen LogP contribution in [0.2, 0.25) is 0 Å². The molecule has 2 aliphatic rings.